The number of benzene rings is 2. The summed E-state index contributed by atoms with van der Waals surface area (Å²) >= 11 is 3.53. The van der Waals surface area contributed by atoms with Gasteiger partial charge >= 0.3 is 0 Å². The van der Waals surface area contributed by atoms with Gasteiger partial charge in [-0.05, 0) is 52.7 Å². The standard InChI is InChI=1S/C16H19BrN2O/c1-11(18)12-7-8-16(15(17)9-12)20-14-6-4-5-13(10-14)19(2)3/h4-11H,18H2,1-3H3. The van der Waals surface area contributed by atoms with Gasteiger partial charge in [-0.2, -0.15) is 0 Å². The summed E-state index contributed by atoms with van der Waals surface area (Å²) in [5.41, 5.74) is 8.05. The second kappa shape index (κ2) is 6.29. The lowest BCUT2D eigenvalue weighted by Gasteiger charge is -2.15. The minimum absolute atomic E-state index is 0.0115. The molecule has 0 aliphatic rings. The van der Waals surface area contributed by atoms with Gasteiger partial charge < -0.3 is 15.4 Å². The number of ether oxygens (including phenoxy) is 1. The fourth-order valence-corrected chi connectivity index (χ4v) is 2.31. The quantitative estimate of drug-likeness (QED) is 0.904. The normalized spacial score (nSPS) is 12.1. The Bertz CT molecular complexity index is 597. The van der Waals surface area contributed by atoms with E-state index in [9.17, 15) is 0 Å². The molecule has 1 unspecified atom stereocenters. The predicted molar refractivity (Wildman–Crippen MR) is 87.6 cm³/mol. The van der Waals surface area contributed by atoms with Crippen LogP contribution < -0.4 is 15.4 Å². The van der Waals surface area contributed by atoms with Crippen LogP contribution >= 0.6 is 15.9 Å². The minimum atomic E-state index is 0.0115. The molecule has 2 aromatic rings. The molecule has 2 aromatic carbocycles. The average molecular weight is 335 g/mol. The van der Waals surface area contributed by atoms with E-state index in [1.54, 1.807) is 0 Å². The van der Waals surface area contributed by atoms with Crippen LogP contribution in [0.5, 0.6) is 11.5 Å². The van der Waals surface area contributed by atoms with Crippen molar-refractivity contribution in [3.05, 3.63) is 52.5 Å². The molecule has 0 aliphatic carbocycles. The Labute approximate surface area is 128 Å². The number of halogens is 1. The van der Waals surface area contributed by atoms with E-state index in [-0.39, 0.29) is 6.04 Å². The van der Waals surface area contributed by atoms with Crippen molar-refractivity contribution in [1.82, 2.24) is 0 Å². The zero-order chi connectivity index (χ0) is 14.7. The highest BCUT2D eigenvalue weighted by Gasteiger charge is 2.07. The van der Waals surface area contributed by atoms with E-state index in [2.05, 4.69) is 15.9 Å². The highest BCUT2D eigenvalue weighted by molar-refractivity contribution is 9.10. The second-order valence-electron chi connectivity index (χ2n) is 4.97. The van der Waals surface area contributed by atoms with Gasteiger partial charge in [0.05, 0.1) is 4.47 Å². The molecule has 0 aliphatic heterocycles. The summed E-state index contributed by atoms with van der Waals surface area (Å²) in [4.78, 5) is 2.04. The zero-order valence-corrected chi connectivity index (χ0v) is 13.5. The SMILES string of the molecule is CC(N)c1ccc(Oc2cccc(N(C)C)c2)c(Br)c1. The summed E-state index contributed by atoms with van der Waals surface area (Å²) in [5, 5.41) is 0. The number of anilines is 1. The zero-order valence-electron chi connectivity index (χ0n) is 11.9. The maximum Gasteiger partial charge on any atom is 0.141 e. The fourth-order valence-electron chi connectivity index (χ4n) is 1.84. The topological polar surface area (TPSA) is 38.5 Å². The van der Waals surface area contributed by atoms with Crippen LogP contribution in [0.2, 0.25) is 0 Å². The molecule has 0 aromatic heterocycles. The smallest absolute Gasteiger partial charge is 0.141 e. The van der Waals surface area contributed by atoms with Gasteiger partial charge in [0.25, 0.3) is 0 Å². The Kier molecular flexibility index (Phi) is 4.68. The van der Waals surface area contributed by atoms with Crippen molar-refractivity contribution >= 4 is 21.6 Å². The molecule has 0 amide bonds. The third-order valence-corrected chi connectivity index (χ3v) is 3.66. The van der Waals surface area contributed by atoms with Crippen molar-refractivity contribution in [1.29, 1.82) is 0 Å². The van der Waals surface area contributed by atoms with Crippen molar-refractivity contribution in [2.45, 2.75) is 13.0 Å². The van der Waals surface area contributed by atoms with Crippen LogP contribution in [0.25, 0.3) is 0 Å². The predicted octanol–water partition coefficient (Wildman–Crippen LogP) is 4.33. The van der Waals surface area contributed by atoms with E-state index in [0.717, 1.165) is 27.2 Å². The summed E-state index contributed by atoms with van der Waals surface area (Å²) in [6.07, 6.45) is 0. The Morgan fingerprint density at radius 3 is 2.50 bits per heavy atom. The molecule has 1 atom stereocenters. The van der Waals surface area contributed by atoms with Crippen LogP contribution in [-0.2, 0) is 0 Å². The largest absolute Gasteiger partial charge is 0.456 e. The number of nitrogens with zero attached hydrogens (tertiary/aromatic N) is 1. The van der Waals surface area contributed by atoms with E-state index in [0.29, 0.717) is 0 Å². The van der Waals surface area contributed by atoms with Gasteiger partial charge in [0, 0.05) is 31.9 Å². The third kappa shape index (κ3) is 3.52. The van der Waals surface area contributed by atoms with Crippen LogP contribution in [0.3, 0.4) is 0 Å². The maximum absolute atomic E-state index is 5.92. The third-order valence-electron chi connectivity index (χ3n) is 3.04. The van der Waals surface area contributed by atoms with Gasteiger partial charge in [0.2, 0.25) is 0 Å². The average Bonchev–Trinajstić information content (AvgIpc) is 2.41. The highest BCUT2D eigenvalue weighted by atomic mass is 79.9. The van der Waals surface area contributed by atoms with E-state index >= 15 is 0 Å². The number of hydrogen-bond donors (Lipinski definition) is 1. The molecule has 0 radical (unpaired) electrons. The first kappa shape index (κ1) is 14.9. The molecule has 0 spiro atoms. The first-order valence-corrected chi connectivity index (χ1v) is 7.27. The molecular weight excluding hydrogens is 316 g/mol. The lowest BCUT2D eigenvalue weighted by molar-refractivity contribution is 0.479. The lowest BCUT2D eigenvalue weighted by Crippen LogP contribution is -2.08. The molecule has 2 N–H and O–H groups in total. The Morgan fingerprint density at radius 1 is 1.15 bits per heavy atom. The van der Waals surface area contributed by atoms with Gasteiger partial charge in [-0.15, -0.1) is 0 Å². The summed E-state index contributed by atoms with van der Waals surface area (Å²) in [6, 6.07) is 13.9. The maximum atomic E-state index is 5.92. The number of nitrogens with two attached hydrogens (primary N) is 1. The van der Waals surface area contributed by atoms with E-state index < -0.39 is 0 Å². The van der Waals surface area contributed by atoms with Crippen LogP contribution in [-0.4, -0.2) is 14.1 Å². The fraction of sp³-hybridized carbons (Fsp3) is 0.250. The van der Waals surface area contributed by atoms with Crippen molar-refractivity contribution in [3.8, 4) is 11.5 Å². The molecule has 106 valence electrons. The van der Waals surface area contributed by atoms with Crippen LogP contribution in [0.4, 0.5) is 5.69 Å². The Hall–Kier alpha value is -1.52. The van der Waals surface area contributed by atoms with Crippen molar-refractivity contribution in [2.24, 2.45) is 5.73 Å². The van der Waals surface area contributed by atoms with Gasteiger partial charge in [0.15, 0.2) is 0 Å². The monoisotopic (exact) mass is 334 g/mol. The van der Waals surface area contributed by atoms with Gasteiger partial charge in [-0.3, -0.25) is 0 Å². The molecular formula is C16H19BrN2O. The van der Waals surface area contributed by atoms with E-state index in [1.807, 2.05) is 68.4 Å². The number of hydrogen-bond acceptors (Lipinski definition) is 3. The van der Waals surface area contributed by atoms with Crippen molar-refractivity contribution in [2.75, 3.05) is 19.0 Å². The molecule has 0 bridgehead atoms. The van der Waals surface area contributed by atoms with Gasteiger partial charge in [0.1, 0.15) is 11.5 Å². The first-order chi connectivity index (χ1) is 9.47. The van der Waals surface area contributed by atoms with Gasteiger partial charge in [-0.25, -0.2) is 0 Å². The summed E-state index contributed by atoms with van der Waals surface area (Å²) < 4.78 is 6.83. The number of rotatable bonds is 4. The van der Waals surface area contributed by atoms with Crippen LogP contribution in [0.1, 0.15) is 18.5 Å². The molecule has 2 rings (SSSR count). The van der Waals surface area contributed by atoms with Crippen molar-refractivity contribution < 1.29 is 4.74 Å². The molecule has 0 heterocycles. The van der Waals surface area contributed by atoms with Crippen molar-refractivity contribution in [3.63, 3.8) is 0 Å². The molecule has 3 nitrogen and oxygen atoms in total. The Balaban J connectivity index is 2.24. The second-order valence-corrected chi connectivity index (χ2v) is 5.83. The summed E-state index contributed by atoms with van der Waals surface area (Å²) in [5.74, 6) is 1.59. The van der Waals surface area contributed by atoms with Crippen LogP contribution in [0.15, 0.2) is 46.9 Å². The molecule has 20 heavy (non-hydrogen) atoms. The van der Waals surface area contributed by atoms with Crippen LogP contribution in [0, 0.1) is 0 Å². The summed E-state index contributed by atoms with van der Waals surface area (Å²) in [6.45, 7) is 1.96. The highest BCUT2D eigenvalue weighted by Crippen LogP contribution is 2.32. The molecule has 0 saturated heterocycles. The summed E-state index contributed by atoms with van der Waals surface area (Å²) in [7, 11) is 4.01. The van der Waals surface area contributed by atoms with E-state index in [4.69, 9.17) is 10.5 Å². The van der Waals surface area contributed by atoms with E-state index in [1.165, 1.54) is 0 Å². The minimum Gasteiger partial charge on any atom is -0.456 e. The Morgan fingerprint density at radius 2 is 1.90 bits per heavy atom. The first-order valence-electron chi connectivity index (χ1n) is 6.47. The molecule has 0 saturated carbocycles. The molecule has 4 heteroatoms. The molecule has 0 fully saturated rings. The lowest BCUT2D eigenvalue weighted by atomic mass is 10.1. The van der Waals surface area contributed by atoms with Gasteiger partial charge in [-0.1, -0.05) is 12.1 Å².